The third-order valence-corrected chi connectivity index (χ3v) is 8.28. The molecule has 266 valence electrons. The van der Waals surface area contributed by atoms with E-state index in [1.54, 1.807) is 0 Å². The van der Waals surface area contributed by atoms with Gasteiger partial charge in [-0.05, 0) is 60.6 Å². The van der Waals surface area contributed by atoms with E-state index in [0.717, 1.165) is 22.8 Å². The van der Waals surface area contributed by atoms with Gasteiger partial charge < -0.3 is 25.6 Å². The molecule has 0 radical (unpaired) electrons. The van der Waals surface area contributed by atoms with Crippen LogP contribution in [0.25, 0.3) is 10.8 Å². The number of aliphatic hydroxyl groups is 2. The predicted molar refractivity (Wildman–Crippen MR) is 196 cm³/mol. The zero-order chi connectivity index (χ0) is 35.8. The number of unbranched alkanes of at least 4 members (excludes halogenated alkanes) is 1. The number of fused-ring (bicyclic) bond motifs is 1. The van der Waals surface area contributed by atoms with Crippen LogP contribution in [-0.2, 0) is 20.9 Å². The molecule has 0 aliphatic rings. The standard InChI is InChI=1S/C40H55N3O6/c1-6-7-21-36(39(47)42-34(24-28(2)3)37(45)25-32(19-14-23-44)38(46)41-26-29(4)5)43(40(48)49-27-30-15-9-8-10-16-30)35-22-13-18-31-17-11-12-20-33(31)35/h8-13,15-18,20,22,25,28-29,34,36-37,44-45H,6-7,14,19,21,23-24,26-27H2,1-5H3,(H,41,46)(H,42,47)/b32-25+/t34-,36-,37-/m0/s1. The van der Waals surface area contributed by atoms with Crippen LogP contribution in [-0.4, -0.2) is 59.5 Å². The maximum atomic E-state index is 14.4. The zero-order valence-electron chi connectivity index (χ0n) is 29.7. The lowest BCUT2D eigenvalue weighted by Crippen LogP contribution is -2.54. The molecule has 3 rings (SSSR count). The lowest BCUT2D eigenvalue weighted by Gasteiger charge is -2.33. The number of nitrogens with one attached hydrogen (secondary N) is 2. The molecule has 9 heteroatoms. The zero-order valence-corrected chi connectivity index (χ0v) is 29.7. The highest BCUT2D eigenvalue weighted by Gasteiger charge is 2.35. The molecule has 9 nitrogen and oxygen atoms in total. The molecule has 0 aliphatic heterocycles. The molecule has 3 aromatic carbocycles. The summed E-state index contributed by atoms with van der Waals surface area (Å²) >= 11 is 0. The molecule has 0 saturated carbocycles. The number of aliphatic hydroxyl groups excluding tert-OH is 2. The Morgan fingerprint density at radius 2 is 1.59 bits per heavy atom. The van der Waals surface area contributed by atoms with E-state index < -0.39 is 30.2 Å². The number of benzene rings is 3. The lowest BCUT2D eigenvalue weighted by atomic mass is 9.95. The molecular formula is C40H55N3O6. The van der Waals surface area contributed by atoms with Gasteiger partial charge in [-0.15, -0.1) is 0 Å². The van der Waals surface area contributed by atoms with Gasteiger partial charge in [-0.3, -0.25) is 14.5 Å². The maximum absolute atomic E-state index is 14.4. The molecular weight excluding hydrogens is 618 g/mol. The van der Waals surface area contributed by atoms with Crippen LogP contribution in [0.2, 0.25) is 0 Å². The van der Waals surface area contributed by atoms with Crippen molar-refractivity contribution in [1.29, 1.82) is 0 Å². The van der Waals surface area contributed by atoms with Crippen LogP contribution < -0.4 is 15.5 Å². The van der Waals surface area contributed by atoms with Gasteiger partial charge in [0.25, 0.3) is 0 Å². The van der Waals surface area contributed by atoms with E-state index in [-0.39, 0.29) is 37.4 Å². The maximum Gasteiger partial charge on any atom is 0.415 e. The van der Waals surface area contributed by atoms with E-state index in [9.17, 15) is 24.6 Å². The Kier molecular flexibility index (Phi) is 16.3. The molecule has 0 heterocycles. The van der Waals surface area contributed by atoms with Gasteiger partial charge in [0.1, 0.15) is 12.6 Å². The summed E-state index contributed by atoms with van der Waals surface area (Å²) in [5, 5.41) is 28.7. The normalized spacial score (nSPS) is 13.6. The molecule has 0 unspecified atom stereocenters. The molecule has 0 bridgehead atoms. The Morgan fingerprint density at radius 1 is 0.898 bits per heavy atom. The third-order valence-electron chi connectivity index (χ3n) is 8.28. The van der Waals surface area contributed by atoms with Crippen molar-refractivity contribution in [3.8, 4) is 0 Å². The fourth-order valence-electron chi connectivity index (χ4n) is 5.72. The van der Waals surface area contributed by atoms with E-state index in [1.807, 2.05) is 107 Å². The molecule has 0 aliphatic carbocycles. The minimum atomic E-state index is -1.19. The van der Waals surface area contributed by atoms with Gasteiger partial charge in [0.15, 0.2) is 0 Å². The van der Waals surface area contributed by atoms with Crippen LogP contribution >= 0.6 is 0 Å². The molecule has 49 heavy (non-hydrogen) atoms. The number of anilines is 1. The highest BCUT2D eigenvalue weighted by Crippen LogP contribution is 2.31. The topological polar surface area (TPSA) is 128 Å². The highest BCUT2D eigenvalue weighted by atomic mass is 16.6. The summed E-state index contributed by atoms with van der Waals surface area (Å²) in [5.41, 5.74) is 1.74. The minimum Gasteiger partial charge on any atom is -0.444 e. The summed E-state index contributed by atoms with van der Waals surface area (Å²) in [5.74, 6) is -0.384. The number of rotatable bonds is 19. The molecule has 3 atom stereocenters. The van der Waals surface area contributed by atoms with E-state index in [4.69, 9.17) is 4.74 Å². The van der Waals surface area contributed by atoms with Crippen LogP contribution in [0.15, 0.2) is 84.4 Å². The number of hydrogen-bond acceptors (Lipinski definition) is 6. The third kappa shape index (κ3) is 12.3. The monoisotopic (exact) mass is 673 g/mol. The molecule has 4 N–H and O–H groups in total. The van der Waals surface area contributed by atoms with Crippen molar-refractivity contribution in [2.75, 3.05) is 18.1 Å². The first kappa shape index (κ1) is 39.2. The number of amides is 3. The van der Waals surface area contributed by atoms with Crippen LogP contribution in [0.4, 0.5) is 10.5 Å². The number of carbonyl (C=O) groups is 3. The molecule has 0 saturated heterocycles. The first-order chi connectivity index (χ1) is 23.5. The number of ether oxygens (including phenoxy) is 1. The summed E-state index contributed by atoms with van der Waals surface area (Å²) in [6.45, 7) is 10.4. The Hall–Kier alpha value is -4.21. The van der Waals surface area contributed by atoms with Crippen LogP contribution in [0, 0.1) is 11.8 Å². The quantitative estimate of drug-likeness (QED) is 0.103. The van der Waals surface area contributed by atoms with Crippen molar-refractivity contribution in [1.82, 2.24) is 10.6 Å². The number of hydrogen-bond donors (Lipinski definition) is 4. The second-order valence-electron chi connectivity index (χ2n) is 13.4. The van der Waals surface area contributed by atoms with Crippen LogP contribution in [0.5, 0.6) is 0 Å². The first-order valence-corrected chi connectivity index (χ1v) is 17.6. The van der Waals surface area contributed by atoms with Crippen molar-refractivity contribution in [3.05, 3.63) is 90.0 Å². The summed E-state index contributed by atoms with van der Waals surface area (Å²) in [7, 11) is 0. The fraction of sp³-hybridized carbons (Fsp3) is 0.475. The van der Waals surface area contributed by atoms with Gasteiger partial charge in [-0.25, -0.2) is 4.79 Å². The van der Waals surface area contributed by atoms with E-state index in [1.165, 1.54) is 11.0 Å². The summed E-state index contributed by atoms with van der Waals surface area (Å²) in [4.78, 5) is 43.0. The molecule has 0 spiro atoms. The molecule has 3 amide bonds. The van der Waals surface area contributed by atoms with Gasteiger partial charge in [0.05, 0.1) is 17.8 Å². The van der Waals surface area contributed by atoms with Crippen molar-refractivity contribution in [3.63, 3.8) is 0 Å². The van der Waals surface area contributed by atoms with Gasteiger partial charge in [-0.1, -0.05) is 114 Å². The van der Waals surface area contributed by atoms with E-state index in [2.05, 4.69) is 10.6 Å². The predicted octanol–water partition coefficient (Wildman–Crippen LogP) is 6.90. The second-order valence-corrected chi connectivity index (χ2v) is 13.4. The van der Waals surface area contributed by atoms with E-state index >= 15 is 0 Å². The van der Waals surface area contributed by atoms with Crippen LogP contribution in [0.3, 0.4) is 0 Å². The second kappa shape index (κ2) is 20.3. The van der Waals surface area contributed by atoms with Gasteiger partial charge >= 0.3 is 6.09 Å². The lowest BCUT2D eigenvalue weighted by molar-refractivity contribution is -0.124. The highest BCUT2D eigenvalue weighted by molar-refractivity contribution is 6.05. The number of nitrogens with zero attached hydrogens (tertiary/aromatic N) is 1. The van der Waals surface area contributed by atoms with Crippen molar-refractivity contribution < 1.29 is 29.3 Å². The average Bonchev–Trinajstić information content (AvgIpc) is 3.09. The average molecular weight is 674 g/mol. The summed E-state index contributed by atoms with van der Waals surface area (Å²) in [6, 6.07) is 21.1. The molecule has 3 aromatic rings. The van der Waals surface area contributed by atoms with Gasteiger partial charge in [0, 0.05) is 24.1 Å². The Morgan fingerprint density at radius 3 is 2.27 bits per heavy atom. The van der Waals surface area contributed by atoms with Crippen LogP contribution in [0.1, 0.15) is 78.7 Å². The Bertz CT molecular complexity index is 1500. The summed E-state index contributed by atoms with van der Waals surface area (Å²) in [6.07, 6.45) is 2.56. The van der Waals surface area contributed by atoms with Crippen molar-refractivity contribution in [2.24, 2.45) is 11.8 Å². The van der Waals surface area contributed by atoms with Gasteiger partial charge in [0.2, 0.25) is 11.8 Å². The minimum absolute atomic E-state index is 0.0397. The summed E-state index contributed by atoms with van der Waals surface area (Å²) < 4.78 is 5.86. The fourth-order valence-corrected chi connectivity index (χ4v) is 5.72. The molecule has 0 aromatic heterocycles. The smallest absolute Gasteiger partial charge is 0.415 e. The largest absolute Gasteiger partial charge is 0.444 e. The molecule has 0 fully saturated rings. The number of carbonyl (C=O) groups excluding carboxylic acids is 3. The van der Waals surface area contributed by atoms with Gasteiger partial charge in [-0.2, -0.15) is 0 Å². The SMILES string of the molecule is CCCC[C@@H](C(=O)N[C@@H](CC(C)C)[C@@H](O)/C=C(\CCCO)C(=O)NCC(C)C)N(C(=O)OCc1ccccc1)c1cccc2ccccc12. The Balaban J connectivity index is 2.02. The van der Waals surface area contributed by atoms with Crippen molar-refractivity contribution in [2.45, 2.75) is 97.9 Å². The Labute approximate surface area is 291 Å². The first-order valence-electron chi connectivity index (χ1n) is 17.6. The van der Waals surface area contributed by atoms with Crippen molar-refractivity contribution >= 4 is 34.4 Å². The van der Waals surface area contributed by atoms with E-state index in [0.29, 0.717) is 43.5 Å².